The molecule has 0 aromatic carbocycles. The number of hydrogen-bond acceptors (Lipinski definition) is 5. The van der Waals surface area contributed by atoms with Crippen LogP contribution >= 0.6 is 0 Å². The minimum Gasteiger partial charge on any atom is -0.383 e. The van der Waals surface area contributed by atoms with Gasteiger partial charge in [-0.3, -0.25) is 9.78 Å². The normalized spacial score (nSPS) is 18.5. The molecule has 1 saturated carbocycles. The van der Waals surface area contributed by atoms with Gasteiger partial charge in [-0.25, -0.2) is 9.97 Å². The molecule has 1 aliphatic rings. The summed E-state index contributed by atoms with van der Waals surface area (Å²) in [6.45, 7) is 7.79. The Labute approximate surface area is 169 Å². The summed E-state index contributed by atoms with van der Waals surface area (Å²) in [6, 6.07) is 5.72. The Morgan fingerprint density at radius 2 is 2.14 bits per heavy atom. The quantitative estimate of drug-likeness (QED) is 0.639. The number of hydrogen-bond donors (Lipinski definition) is 2. The molecule has 3 N–H and O–H groups in total. The first-order chi connectivity index (χ1) is 14.0. The van der Waals surface area contributed by atoms with Crippen molar-refractivity contribution in [2.45, 2.75) is 20.3 Å². The average molecular weight is 385 g/mol. The van der Waals surface area contributed by atoms with Crippen molar-refractivity contribution in [3.8, 4) is 11.3 Å². The lowest BCUT2D eigenvalue weighted by atomic mass is 10.1. The zero-order chi connectivity index (χ0) is 20.5. The molecule has 0 spiro atoms. The largest absolute Gasteiger partial charge is 0.383 e. The molecule has 0 unspecified atom stereocenters. The van der Waals surface area contributed by atoms with E-state index in [9.17, 15) is 4.79 Å². The number of nitrogens with zero attached hydrogens (tertiary/aromatic N) is 3. The number of rotatable bonds is 5. The fourth-order valence-corrected chi connectivity index (χ4v) is 3.67. The van der Waals surface area contributed by atoms with Crippen LogP contribution in [0.1, 0.15) is 18.9 Å². The molecule has 4 rings (SSSR count). The van der Waals surface area contributed by atoms with E-state index in [0.29, 0.717) is 11.6 Å². The second-order valence-electron chi connectivity index (χ2n) is 7.30. The molecular weight excluding hydrogens is 362 g/mol. The number of nitrogen functional groups attached to an aromatic ring is 1. The number of allylic oxidation sites excluding steroid dienone is 3. The number of aryl methyl sites for hydroxylation is 1. The van der Waals surface area contributed by atoms with E-state index in [1.54, 1.807) is 18.6 Å². The smallest absolute Gasteiger partial charge is 0.229 e. The number of nitrogens with one attached hydrogen (secondary N) is 1. The number of pyridine rings is 3. The fourth-order valence-electron chi connectivity index (χ4n) is 3.67. The maximum atomic E-state index is 12.6. The molecule has 0 bridgehead atoms. The number of fused-ring (bicyclic) bond motifs is 1. The Morgan fingerprint density at radius 3 is 2.86 bits per heavy atom. The molecule has 1 aliphatic carbocycles. The molecule has 2 atom stereocenters. The SMILES string of the molecule is C=C/C(=C\C)[C@H]1C[C@@H]1C(=O)Nc1cc2cc(-c3cnccc3C)nc(N)c2cn1. The Hall–Kier alpha value is -3.54. The van der Waals surface area contributed by atoms with Gasteiger partial charge in [0, 0.05) is 35.5 Å². The van der Waals surface area contributed by atoms with E-state index < -0.39 is 0 Å². The van der Waals surface area contributed by atoms with E-state index >= 15 is 0 Å². The van der Waals surface area contributed by atoms with Crippen LogP contribution in [0.5, 0.6) is 0 Å². The molecule has 0 aliphatic heterocycles. The van der Waals surface area contributed by atoms with Crippen LogP contribution in [0.15, 0.2) is 61.1 Å². The monoisotopic (exact) mass is 385 g/mol. The molecule has 0 saturated heterocycles. The molecular formula is C23H23N5O. The van der Waals surface area contributed by atoms with Crippen LogP contribution in [-0.2, 0) is 4.79 Å². The highest BCUT2D eigenvalue weighted by Gasteiger charge is 2.44. The van der Waals surface area contributed by atoms with Crippen molar-refractivity contribution in [3.63, 3.8) is 0 Å². The van der Waals surface area contributed by atoms with E-state index in [1.807, 2.05) is 44.2 Å². The maximum absolute atomic E-state index is 12.6. The van der Waals surface area contributed by atoms with Crippen molar-refractivity contribution >= 4 is 28.3 Å². The van der Waals surface area contributed by atoms with Crippen molar-refractivity contribution in [1.82, 2.24) is 15.0 Å². The van der Waals surface area contributed by atoms with Crippen molar-refractivity contribution in [2.75, 3.05) is 11.1 Å². The lowest BCUT2D eigenvalue weighted by molar-refractivity contribution is -0.117. The molecule has 3 aromatic rings. The van der Waals surface area contributed by atoms with E-state index in [1.165, 1.54) is 0 Å². The first-order valence-electron chi connectivity index (χ1n) is 9.58. The van der Waals surface area contributed by atoms with Crippen LogP contribution in [-0.4, -0.2) is 20.9 Å². The minimum atomic E-state index is -0.0344. The predicted octanol–water partition coefficient (Wildman–Crippen LogP) is 4.29. The van der Waals surface area contributed by atoms with Gasteiger partial charge in [0.05, 0.1) is 5.69 Å². The summed E-state index contributed by atoms with van der Waals surface area (Å²) in [6.07, 6.45) is 9.85. The Bertz CT molecular complexity index is 1150. The van der Waals surface area contributed by atoms with Gasteiger partial charge in [-0.2, -0.15) is 0 Å². The van der Waals surface area contributed by atoms with Gasteiger partial charge in [-0.1, -0.05) is 18.7 Å². The molecule has 29 heavy (non-hydrogen) atoms. The van der Waals surface area contributed by atoms with Gasteiger partial charge in [-0.05, 0) is 60.9 Å². The second-order valence-corrected chi connectivity index (χ2v) is 7.30. The summed E-state index contributed by atoms with van der Waals surface area (Å²) in [4.78, 5) is 25.6. The third kappa shape index (κ3) is 3.61. The van der Waals surface area contributed by atoms with E-state index in [4.69, 9.17) is 5.73 Å². The van der Waals surface area contributed by atoms with Crippen LogP contribution in [0.25, 0.3) is 22.0 Å². The van der Waals surface area contributed by atoms with Crippen LogP contribution in [0, 0.1) is 18.8 Å². The number of aromatic nitrogens is 3. The highest BCUT2D eigenvalue weighted by molar-refractivity contribution is 5.98. The molecule has 3 aromatic heterocycles. The third-order valence-electron chi connectivity index (χ3n) is 5.44. The Kier molecular flexibility index (Phi) is 4.84. The molecule has 6 nitrogen and oxygen atoms in total. The standard InChI is InChI=1S/C23H23N5O/c1-4-14(5-2)16-10-17(16)23(29)28-21-9-15-8-20(18-11-25-7-6-13(18)3)27-22(24)19(15)12-26-21/h4-9,11-12,16-17H,1,10H2,2-3H3,(H2,24,27)(H,26,28,29)/b14-5+/t16-,17+/m1/s1. The van der Waals surface area contributed by atoms with Gasteiger partial charge in [-0.15, -0.1) is 0 Å². The second kappa shape index (κ2) is 7.47. The number of carbonyl (C=O) groups excluding carboxylic acids is 1. The van der Waals surface area contributed by atoms with Gasteiger partial charge in [0.25, 0.3) is 0 Å². The predicted molar refractivity (Wildman–Crippen MR) is 116 cm³/mol. The average Bonchev–Trinajstić information content (AvgIpc) is 3.50. The third-order valence-corrected chi connectivity index (χ3v) is 5.44. The van der Waals surface area contributed by atoms with E-state index in [0.717, 1.165) is 39.6 Å². The van der Waals surface area contributed by atoms with Crippen molar-refractivity contribution in [3.05, 3.63) is 66.7 Å². The Morgan fingerprint density at radius 1 is 1.31 bits per heavy atom. The molecule has 3 heterocycles. The van der Waals surface area contributed by atoms with Crippen molar-refractivity contribution < 1.29 is 4.79 Å². The summed E-state index contributed by atoms with van der Waals surface area (Å²) in [7, 11) is 0. The van der Waals surface area contributed by atoms with Crippen molar-refractivity contribution in [1.29, 1.82) is 0 Å². The number of nitrogens with two attached hydrogens (primary N) is 1. The van der Waals surface area contributed by atoms with Crippen LogP contribution in [0.2, 0.25) is 0 Å². The summed E-state index contributed by atoms with van der Waals surface area (Å²) in [5.74, 6) is 1.10. The first-order valence-corrected chi connectivity index (χ1v) is 9.58. The van der Waals surface area contributed by atoms with Gasteiger partial charge in [0.15, 0.2) is 0 Å². The number of anilines is 2. The number of carbonyl (C=O) groups is 1. The molecule has 1 amide bonds. The van der Waals surface area contributed by atoms with Crippen LogP contribution in [0.3, 0.4) is 0 Å². The zero-order valence-electron chi connectivity index (χ0n) is 16.5. The minimum absolute atomic E-state index is 0.0200. The van der Waals surface area contributed by atoms with Gasteiger partial charge < -0.3 is 11.1 Å². The topological polar surface area (TPSA) is 93.8 Å². The van der Waals surface area contributed by atoms with E-state index in [-0.39, 0.29) is 17.7 Å². The van der Waals surface area contributed by atoms with Crippen LogP contribution < -0.4 is 11.1 Å². The number of amides is 1. The molecule has 0 radical (unpaired) electrons. The summed E-state index contributed by atoms with van der Waals surface area (Å²) < 4.78 is 0. The van der Waals surface area contributed by atoms with Gasteiger partial charge in [0.2, 0.25) is 5.91 Å². The molecule has 146 valence electrons. The summed E-state index contributed by atoms with van der Waals surface area (Å²) in [5, 5.41) is 4.55. The summed E-state index contributed by atoms with van der Waals surface area (Å²) >= 11 is 0. The van der Waals surface area contributed by atoms with Crippen LogP contribution in [0.4, 0.5) is 11.6 Å². The first kappa shape index (κ1) is 18.8. The lowest BCUT2D eigenvalue weighted by Crippen LogP contribution is -2.16. The van der Waals surface area contributed by atoms with Gasteiger partial charge >= 0.3 is 0 Å². The highest BCUT2D eigenvalue weighted by Crippen LogP contribution is 2.45. The van der Waals surface area contributed by atoms with Gasteiger partial charge in [0.1, 0.15) is 11.6 Å². The molecule has 1 fully saturated rings. The summed E-state index contributed by atoms with van der Waals surface area (Å²) in [5.41, 5.74) is 10.0. The lowest BCUT2D eigenvalue weighted by Gasteiger charge is -2.10. The highest BCUT2D eigenvalue weighted by atomic mass is 16.2. The zero-order valence-corrected chi connectivity index (χ0v) is 16.5. The fraction of sp³-hybridized carbons (Fsp3) is 0.217. The Balaban J connectivity index is 1.61. The van der Waals surface area contributed by atoms with E-state index in [2.05, 4.69) is 26.8 Å². The molecule has 6 heteroatoms. The van der Waals surface area contributed by atoms with Crippen molar-refractivity contribution in [2.24, 2.45) is 11.8 Å². The maximum Gasteiger partial charge on any atom is 0.229 e.